The van der Waals surface area contributed by atoms with Gasteiger partial charge in [-0.1, -0.05) is 28.1 Å². The molecule has 0 saturated heterocycles. The van der Waals surface area contributed by atoms with Gasteiger partial charge in [-0.3, -0.25) is 14.9 Å². The third-order valence-corrected chi connectivity index (χ3v) is 4.02. The number of hydrogen-bond donors (Lipinski definition) is 2. The molecule has 0 bridgehead atoms. The molecule has 8 nitrogen and oxygen atoms in total. The second-order valence-corrected chi connectivity index (χ2v) is 6.29. The number of benzene rings is 2. The van der Waals surface area contributed by atoms with Gasteiger partial charge in [-0.25, -0.2) is 5.43 Å². The number of hydrazone groups is 1. The Balaban J connectivity index is 1.70. The normalized spacial score (nSPS) is 10.9. The summed E-state index contributed by atoms with van der Waals surface area (Å²) in [5.74, 6) is 0.0127. The molecule has 2 aromatic carbocycles. The van der Waals surface area contributed by atoms with Gasteiger partial charge in [0.1, 0.15) is 17.3 Å². The van der Waals surface area contributed by atoms with Gasteiger partial charge >= 0.3 is 0 Å². The molecule has 0 aliphatic carbocycles. The quantitative estimate of drug-likeness (QED) is 0.359. The van der Waals surface area contributed by atoms with E-state index in [0.717, 1.165) is 0 Å². The zero-order valence-corrected chi connectivity index (χ0v) is 15.2. The minimum atomic E-state index is -0.587. The van der Waals surface area contributed by atoms with Crippen molar-refractivity contribution >= 4 is 33.7 Å². The average molecular weight is 430 g/mol. The van der Waals surface area contributed by atoms with Crippen LogP contribution in [0.15, 0.2) is 68.6 Å². The Labute approximate surface area is 161 Å². The largest absolute Gasteiger partial charge is 0.507 e. The van der Waals surface area contributed by atoms with Gasteiger partial charge in [0.15, 0.2) is 0 Å². The van der Waals surface area contributed by atoms with Crippen LogP contribution in [0.25, 0.3) is 11.3 Å². The number of carbonyl (C=O) groups excluding carboxylic acids is 1. The molecule has 1 amide bonds. The first kappa shape index (κ1) is 18.3. The van der Waals surface area contributed by atoms with E-state index in [1.165, 1.54) is 30.5 Å². The Morgan fingerprint density at radius 2 is 2.04 bits per heavy atom. The second-order valence-electron chi connectivity index (χ2n) is 5.37. The van der Waals surface area contributed by atoms with Crippen LogP contribution in [0.1, 0.15) is 16.1 Å². The molecule has 0 unspecified atom stereocenters. The van der Waals surface area contributed by atoms with Crippen molar-refractivity contribution in [2.45, 2.75) is 0 Å². The molecule has 2 N–H and O–H groups in total. The zero-order chi connectivity index (χ0) is 19.4. The Bertz CT molecular complexity index is 1040. The van der Waals surface area contributed by atoms with E-state index in [2.05, 4.69) is 26.5 Å². The molecular weight excluding hydrogens is 418 g/mol. The topological polar surface area (TPSA) is 118 Å². The lowest BCUT2D eigenvalue weighted by molar-refractivity contribution is -0.384. The van der Waals surface area contributed by atoms with Crippen LogP contribution in [0.3, 0.4) is 0 Å². The Kier molecular flexibility index (Phi) is 5.32. The monoisotopic (exact) mass is 429 g/mol. The van der Waals surface area contributed by atoms with Crippen molar-refractivity contribution in [1.82, 2.24) is 5.43 Å². The molecule has 0 radical (unpaired) electrons. The van der Waals surface area contributed by atoms with Gasteiger partial charge < -0.3 is 9.52 Å². The Morgan fingerprint density at radius 1 is 1.22 bits per heavy atom. The second kappa shape index (κ2) is 7.83. The maximum Gasteiger partial charge on any atom is 0.275 e. The first-order valence-corrected chi connectivity index (χ1v) is 8.40. The van der Waals surface area contributed by atoms with E-state index in [4.69, 9.17) is 4.42 Å². The molecule has 0 fully saturated rings. The van der Waals surface area contributed by atoms with Crippen LogP contribution in [0.2, 0.25) is 0 Å². The fourth-order valence-electron chi connectivity index (χ4n) is 2.25. The predicted molar refractivity (Wildman–Crippen MR) is 102 cm³/mol. The van der Waals surface area contributed by atoms with Gasteiger partial charge in [-0.15, -0.1) is 0 Å². The summed E-state index contributed by atoms with van der Waals surface area (Å²) < 4.78 is 6.20. The van der Waals surface area contributed by atoms with E-state index in [-0.39, 0.29) is 17.0 Å². The highest BCUT2D eigenvalue weighted by Gasteiger charge is 2.11. The van der Waals surface area contributed by atoms with Crippen molar-refractivity contribution in [3.63, 3.8) is 0 Å². The SMILES string of the molecule is O=C(N/N=C/c1ccc(-c2cccc([N+](=O)[O-])c2)o1)c1cc(Br)ccc1O. The number of nitro benzene ring substituents is 1. The van der Waals surface area contributed by atoms with Gasteiger partial charge in [-0.05, 0) is 30.3 Å². The van der Waals surface area contributed by atoms with Crippen LogP contribution in [0.4, 0.5) is 5.69 Å². The fraction of sp³-hybridized carbons (Fsp3) is 0. The minimum absolute atomic E-state index is 0.0415. The zero-order valence-electron chi connectivity index (χ0n) is 13.6. The first-order chi connectivity index (χ1) is 12.9. The number of carbonyl (C=O) groups is 1. The molecule has 0 aliphatic rings. The molecule has 3 aromatic rings. The van der Waals surface area contributed by atoms with Gasteiger partial charge in [0.2, 0.25) is 0 Å². The summed E-state index contributed by atoms with van der Waals surface area (Å²) in [6.45, 7) is 0. The average Bonchev–Trinajstić information content (AvgIpc) is 3.12. The highest BCUT2D eigenvalue weighted by molar-refractivity contribution is 9.10. The van der Waals surface area contributed by atoms with Crippen LogP contribution in [-0.2, 0) is 0 Å². The Morgan fingerprint density at radius 3 is 2.81 bits per heavy atom. The van der Waals surface area contributed by atoms with E-state index in [1.54, 1.807) is 30.3 Å². The summed E-state index contributed by atoms with van der Waals surface area (Å²) in [6, 6.07) is 13.8. The lowest BCUT2D eigenvalue weighted by Crippen LogP contribution is -2.17. The summed E-state index contributed by atoms with van der Waals surface area (Å²) >= 11 is 3.22. The molecule has 0 saturated carbocycles. The summed E-state index contributed by atoms with van der Waals surface area (Å²) in [5.41, 5.74) is 2.86. The number of nitro groups is 1. The van der Waals surface area contributed by atoms with Crippen LogP contribution in [0, 0.1) is 10.1 Å². The number of nitrogens with one attached hydrogen (secondary N) is 1. The summed E-state index contributed by atoms with van der Waals surface area (Å²) in [7, 11) is 0. The number of phenols is 1. The number of halogens is 1. The minimum Gasteiger partial charge on any atom is -0.507 e. The Hall–Kier alpha value is -3.46. The maximum absolute atomic E-state index is 12.0. The van der Waals surface area contributed by atoms with Crippen molar-refractivity contribution in [2.75, 3.05) is 0 Å². The number of nitrogens with zero attached hydrogens (tertiary/aromatic N) is 2. The van der Waals surface area contributed by atoms with Crippen LogP contribution in [0.5, 0.6) is 5.75 Å². The number of hydrogen-bond acceptors (Lipinski definition) is 6. The molecule has 0 spiro atoms. The molecule has 1 aromatic heterocycles. The van der Waals surface area contributed by atoms with Crippen molar-refractivity contribution in [3.8, 4) is 17.1 Å². The molecule has 1 heterocycles. The van der Waals surface area contributed by atoms with Gasteiger partial charge in [0.25, 0.3) is 11.6 Å². The number of aromatic hydroxyl groups is 1. The molecular formula is C18H12BrN3O5. The van der Waals surface area contributed by atoms with E-state index in [9.17, 15) is 20.0 Å². The highest BCUT2D eigenvalue weighted by atomic mass is 79.9. The van der Waals surface area contributed by atoms with Gasteiger partial charge in [0, 0.05) is 22.2 Å². The number of amides is 1. The lowest BCUT2D eigenvalue weighted by Gasteiger charge is -2.03. The van der Waals surface area contributed by atoms with Crippen molar-refractivity contribution in [1.29, 1.82) is 0 Å². The van der Waals surface area contributed by atoms with Crippen molar-refractivity contribution in [3.05, 3.63) is 80.5 Å². The van der Waals surface area contributed by atoms with Gasteiger partial charge in [-0.2, -0.15) is 5.10 Å². The van der Waals surface area contributed by atoms with E-state index in [0.29, 0.717) is 21.6 Å². The van der Waals surface area contributed by atoms with E-state index in [1.807, 2.05) is 0 Å². The smallest absolute Gasteiger partial charge is 0.275 e. The van der Waals surface area contributed by atoms with E-state index >= 15 is 0 Å². The number of rotatable bonds is 5. The van der Waals surface area contributed by atoms with Crippen LogP contribution in [-0.4, -0.2) is 22.2 Å². The summed E-state index contributed by atoms with van der Waals surface area (Å²) in [5, 5.41) is 24.4. The third-order valence-electron chi connectivity index (χ3n) is 3.53. The lowest BCUT2D eigenvalue weighted by atomic mass is 10.1. The molecule has 0 atom stereocenters. The fourth-order valence-corrected chi connectivity index (χ4v) is 2.62. The summed E-state index contributed by atoms with van der Waals surface area (Å²) in [4.78, 5) is 22.4. The predicted octanol–water partition coefficient (Wildman–Crippen LogP) is 4.09. The molecule has 3 rings (SSSR count). The molecule has 27 heavy (non-hydrogen) atoms. The molecule has 9 heteroatoms. The van der Waals surface area contributed by atoms with Crippen molar-refractivity contribution < 1.29 is 19.2 Å². The number of phenolic OH excluding ortho intramolecular Hbond substituents is 1. The van der Waals surface area contributed by atoms with Crippen LogP contribution < -0.4 is 5.43 Å². The maximum atomic E-state index is 12.0. The van der Waals surface area contributed by atoms with Gasteiger partial charge in [0.05, 0.1) is 16.7 Å². The molecule has 136 valence electrons. The van der Waals surface area contributed by atoms with E-state index < -0.39 is 10.8 Å². The highest BCUT2D eigenvalue weighted by Crippen LogP contribution is 2.25. The van der Waals surface area contributed by atoms with Crippen LogP contribution >= 0.6 is 15.9 Å². The molecule has 0 aliphatic heterocycles. The van der Waals surface area contributed by atoms with Crippen molar-refractivity contribution in [2.24, 2.45) is 5.10 Å². The number of non-ortho nitro benzene ring substituents is 1. The number of furan rings is 1. The first-order valence-electron chi connectivity index (χ1n) is 7.60. The standard InChI is InChI=1S/C18H12BrN3O5/c19-12-4-6-16(23)15(9-12)18(24)21-20-10-14-5-7-17(27-14)11-2-1-3-13(8-11)22(25)26/h1-10,23H,(H,21,24)/b20-10+. The summed E-state index contributed by atoms with van der Waals surface area (Å²) in [6.07, 6.45) is 1.29. The third kappa shape index (κ3) is 4.39.